The molecule has 0 aliphatic heterocycles. The molecule has 1 aromatic carbocycles. The van der Waals surface area contributed by atoms with Crippen LogP contribution in [0.2, 0.25) is 0 Å². The van der Waals surface area contributed by atoms with Gasteiger partial charge in [0.1, 0.15) is 11.5 Å². The van der Waals surface area contributed by atoms with Crippen LogP contribution in [0.4, 0.5) is 4.39 Å². The molecule has 0 saturated heterocycles. The van der Waals surface area contributed by atoms with Crippen molar-refractivity contribution in [3.05, 3.63) is 53.6 Å². The Morgan fingerprint density at radius 3 is 2.68 bits per heavy atom. The molecule has 3 aromatic rings. The van der Waals surface area contributed by atoms with E-state index in [1.165, 1.54) is 12.1 Å². The van der Waals surface area contributed by atoms with Crippen LogP contribution in [0.5, 0.6) is 0 Å². The van der Waals surface area contributed by atoms with Gasteiger partial charge in [0, 0.05) is 5.56 Å². The van der Waals surface area contributed by atoms with Gasteiger partial charge < -0.3 is 0 Å². The van der Waals surface area contributed by atoms with Gasteiger partial charge in [-0.2, -0.15) is 5.10 Å². The highest BCUT2D eigenvalue weighted by atomic mass is 19.1. The van der Waals surface area contributed by atoms with Crippen LogP contribution in [-0.2, 0) is 0 Å². The number of fused-ring (bicyclic) bond motifs is 1. The number of halogens is 1. The molecule has 3 rings (SSSR count). The van der Waals surface area contributed by atoms with Crippen LogP contribution in [0.3, 0.4) is 0 Å². The van der Waals surface area contributed by atoms with Gasteiger partial charge in [-0.3, -0.25) is 4.79 Å². The lowest BCUT2D eigenvalue weighted by Crippen LogP contribution is -1.96. The molecule has 0 amide bonds. The van der Waals surface area contributed by atoms with Crippen LogP contribution in [0.1, 0.15) is 16.1 Å². The number of aromatic nitrogens is 3. The number of carbonyl (C=O) groups is 1. The number of imidazole rings is 1. The van der Waals surface area contributed by atoms with E-state index in [1.54, 1.807) is 22.8 Å². The van der Waals surface area contributed by atoms with Crippen molar-refractivity contribution in [3.63, 3.8) is 0 Å². The third-order valence-electron chi connectivity index (χ3n) is 2.89. The minimum Gasteiger partial charge on any atom is -0.296 e. The summed E-state index contributed by atoms with van der Waals surface area (Å²) in [6.07, 6.45) is 2.26. The maximum Gasteiger partial charge on any atom is 0.170 e. The van der Waals surface area contributed by atoms with Crippen molar-refractivity contribution in [1.82, 2.24) is 14.6 Å². The van der Waals surface area contributed by atoms with Gasteiger partial charge in [0.05, 0.1) is 11.9 Å². The van der Waals surface area contributed by atoms with Crippen molar-refractivity contribution in [2.45, 2.75) is 6.92 Å². The summed E-state index contributed by atoms with van der Waals surface area (Å²) >= 11 is 0. The van der Waals surface area contributed by atoms with Gasteiger partial charge in [0.15, 0.2) is 11.9 Å². The number of benzene rings is 1. The Morgan fingerprint density at radius 1 is 1.26 bits per heavy atom. The highest BCUT2D eigenvalue weighted by Crippen LogP contribution is 2.20. The topological polar surface area (TPSA) is 47.3 Å². The molecule has 0 atom stereocenters. The van der Waals surface area contributed by atoms with Gasteiger partial charge in [-0.15, -0.1) is 0 Å². The molecule has 2 aromatic heterocycles. The lowest BCUT2D eigenvalue weighted by atomic mass is 10.1. The Balaban J connectivity index is 2.19. The van der Waals surface area contributed by atoms with Crippen LogP contribution in [0, 0.1) is 12.7 Å². The molecular weight excluding hydrogens is 245 g/mol. The second-order valence-corrected chi connectivity index (χ2v) is 4.27. The predicted octanol–water partition coefficient (Wildman–Crippen LogP) is 2.66. The fourth-order valence-electron chi connectivity index (χ4n) is 1.97. The molecule has 4 nitrogen and oxygen atoms in total. The smallest absolute Gasteiger partial charge is 0.170 e. The van der Waals surface area contributed by atoms with E-state index in [1.807, 2.05) is 13.0 Å². The maximum absolute atomic E-state index is 12.9. The Bertz CT molecular complexity index is 762. The van der Waals surface area contributed by atoms with E-state index < -0.39 is 0 Å². The number of hydrogen-bond donors (Lipinski definition) is 0. The van der Waals surface area contributed by atoms with E-state index in [2.05, 4.69) is 10.1 Å². The Hall–Kier alpha value is -2.56. The zero-order valence-electron chi connectivity index (χ0n) is 10.2. The molecule has 0 spiro atoms. The predicted molar refractivity (Wildman–Crippen MR) is 68.5 cm³/mol. The zero-order valence-corrected chi connectivity index (χ0v) is 10.2. The number of hydrogen-bond acceptors (Lipinski definition) is 3. The van der Waals surface area contributed by atoms with Crippen molar-refractivity contribution < 1.29 is 9.18 Å². The second kappa shape index (κ2) is 4.28. The quantitative estimate of drug-likeness (QED) is 0.661. The second-order valence-electron chi connectivity index (χ2n) is 4.27. The van der Waals surface area contributed by atoms with Crippen LogP contribution in [-0.4, -0.2) is 20.9 Å². The molecule has 0 radical (unpaired) electrons. The molecule has 0 aliphatic carbocycles. The average Bonchev–Trinajstić information content (AvgIpc) is 2.83. The Labute approximate surface area is 108 Å². The van der Waals surface area contributed by atoms with Crippen molar-refractivity contribution >= 4 is 11.9 Å². The summed E-state index contributed by atoms with van der Waals surface area (Å²) in [5.41, 5.74) is 3.41. The van der Waals surface area contributed by atoms with Crippen molar-refractivity contribution in [3.8, 4) is 11.3 Å². The summed E-state index contributed by atoms with van der Waals surface area (Å²) in [6.45, 7) is 1.89. The van der Waals surface area contributed by atoms with Gasteiger partial charge in [0.2, 0.25) is 0 Å². The van der Waals surface area contributed by atoms with Gasteiger partial charge >= 0.3 is 0 Å². The monoisotopic (exact) mass is 255 g/mol. The van der Waals surface area contributed by atoms with E-state index >= 15 is 0 Å². The SMILES string of the molecule is Cc1cc(-c2ccc(F)cc2)nn2cc(C=O)nc12. The van der Waals surface area contributed by atoms with Crippen LogP contribution in [0.15, 0.2) is 36.5 Å². The van der Waals surface area contributed by atoms with Crippen molar-refractivity contribution in [2.75, 3.05) is 0 Å². The molecule has 19 heavy (non-hydrogen) atoms. The minimum atomic E-state index is -0.285. The van der Waals surface area contributed by atoms with Crippen LogP contribution < -0.4 is 0 Å². The van der Waals surface area contributed by atoms with Gasteiger partial charge in [-0.05, 0) is 42.8 Å². The summed E-state index contributed by atoms with van der Waals surface area (Å²) in [7, 11) is 0. The summed E-state index contributed by atoms with van der Waals surface area (Å²) in [4.78, 5) is 14.9. The van der Waals surface area contributed by atoms with E-state index in [0.29, 0.717) is 23.3 Å². The number of rotatable bonds is 2. The molecule has 0 bridgehead atoms. The molecule has 0 saturated carbocycles. The van der Waals surface area contributed by atoms with Crippen molar-refractivity contribution in [1.29, 1.82) is 0 Å². The molecule has 0 N–H and O–H groups in total. The minimum absolute atomic E-state index is 0.285. The van der Waals surface area contributed by atoms with E-state index in [0.717, 1.165) is 11.1 Å². The zero-order chi connectivity index (χ0) is 13.4. The first-order chi connectivity index (χ1) is 9.17. The first kappa shape index (κ1) is 11.5. The largest absolute Gasteiger partial charge is 0.296 e. The normalized spacial score (nSPS) is 10.8. The first-order valence-electron chi connectivity index (χ1n) is 5.75. The molecule has 0 unspecified atom stereocenters. The number of carbonyl (C=O) groups excluding carboxylic acids is 1. The molecule has 94 valence electrons. The molecule has 2 heterocycles. The van der Waals surface area contributed by atoms with Crippen LogP contribution in [0.25, 0.3) is 16.9 Å². The maximum atomic E-state index is 12.9. The Kier molecular flexibility index (Phi) is 2.59. The lowest BCUT2D eigenvalue weighted by molar-refractivity contribution is 0.111. The summed E-state index contributed by atoms with van der Waals surface area (Å²) in [5, 5.41) is 4.38. The average molecular weight is 255 g/mol. The molecule has 5 heteroatoms. The van der Waals surface area contributed by atoms with E-state index in [-0.39, 0.29) is 5.82 Å². The molecule has 0 fully saturated rings. The number of aryl methyl sites for hydroxylation is 1. The number of nitrogens with zero attached hydrogens (tertiary/aromatic N) is 3. The third-order valence-corrected chi connectivity index (χ3v) is 2.89. The summed E-state index contributed by atoms with van der Waals surface area (Å²) < 4.78 is 14.5. The fourth-order valence-corrected chi connectivity index (χ4v) is 1.97. The standard InChI is InChI=1S/C14H10FN3O/c1-9-6-13(10-2-4-11(15)5-3-10)17-18-7-12(8-19)16-14(9)18/h2-8H,1H3. The van der Waals surface area contributed by atoms with Gasteiger partial charge in [0.25, 0.3) is 0 Å². The Morgan fingerprint density at radius 2 is 2.00 bits per heavy atom. The van der Waals surface area contributed by atoms with Crippen LogP contribution >= 0.6 is 0 Å². The lowest BCUT2D eigenvalue weighted by Gasteiger charge is -2.04. The van der Waals surface area contributed by atoms with E-state index in [9.17, 15) is 9.18 Å². The molecular formula is C14H10FN3O. The van der Waals surface area contributed by atoms with Gasteiger partial charge in [-0.25, -0.2) is 13.9 Å². The number of aldehydes is 1. The fraction of sp³-hybridized carbons (Fsp3) is 0.0714. The van der Waals surface area contributed by atoms with Crippen molar-refractivity contribution in [2.24, 2.45) is 0 Å². The first-order valence-corrected chi connectivity index (χ1v) is 5.75. The highest BCUT2D eigenvalue weighted by molar-refractivity contribution is 5.74. The third kappa shape index (κ3) is 1.99. The highest BCUT2D eigenvalue weighted by Gasteiger charge is 2.08. The van der Waals surface area contributed by atoms with Gasteiger partial charge in [-0.1, -0.05) is 0 Å². The van der Waals surface area contributed by atoms with E-state index in [4.69, 9.17) is 0 Å². The molecule has 0 aliphatic rings. The summed E-state index contributed by atoms with van der Waals surface area (Å²) in [6, 6.07) is 7.98. The summed E-state index contributed by atoms with van der Waals surface area (Å²) in [5.74, 6) is -0.285.